The minimum atomic E-state index is -0.297. The number of carbonyl (C=O) groups excluding carboxylic acids is 1. The van der Waals surface area contributed by atoms with Crippen molar-refractivity contribution >= 4 is 18.4 Å². The number of ether oxygens (including phenoxy) is 1. The van der Waals surface area contributed by atoms with Crippen LogP contribution in [0.4, 0.5) is 0 Å². The summed E-state index contributed by atoms with van der Waals surface area (Å²) in [5, 5.41) is 0. The largest absolute Gasteiger partial charge is 0.427 e. The van der Waals surface area contributed by atoms with Crippen LogP contribution in [0.2, 0.25) is 0 Å². The number of halogens is 1. The number of rotatable bonds is 3. The maximum Gasteiger partial charge on any atom is 0.308 e. The average molecular weight is 242 g/mol. The van der Waals surface area contributed by atoms with E-state index in [0.717, 1.165) is 5.56 Å². The molecule has 0 unspecified atom stereocenters. The van der Waals surface area contributed by atoms with Crippen molar-refractivity contribution in [3.63, 3.8) is 0 Å². The lowest BCUT2D eigenvalue weighted by molar-refractivity contribution is -0.131. The van der Waals surface area contributed by atoms with E-state index < -0.39 is 0 Å². The molecule has 1 aliphatic rings. The first-order valence-electron chi connectivity index (χ1n) is 5.21. The molecule has 0 saturated heterocycles. The molecule has 0 radical (unpaired) electrons. The zero-order chi connectivity index (χ0) is 10.8. The van der Waals surface area contributed by atoms with E-state index in [2.05, 4.69) is 0 Å². The molecular formula is C12H16ClNO2. The van der Waals surface area contributed by atoms with Crippen molar-refractivity contribution in [1.29, 1.82) is 0 Å². The summed E-state index contributed by atoms with van der Waals surface area (Å²) >= 11 is 0. The molecule has 0 heterocycles. The predicted molar refractivity (Wildman–Crippen MR) is 64.7 cm³/mol. The van der Waals surface area contributed by atoms with Crippen molar-refractivity contribution in [3.8, 4) is 5.75 Å². The van der Waals surface area contributed by atoms with Crippen LogP contribution >= 0.6 is 12.4 Å². The molecule has 3 nitrogen and oxygen atoms in total. The van der Waals surface area contributed by atoms with Crippen LogP contribution in [0.25, 0.3) is 0 Å². The summed E-state index contributed by atoms with van der Waals surface area (Å²) < 4.78 is 4.95. The lowest BCUT2D eigenvalue weighted by Gasteiger charge is -2.10. The topological polar surface area (TPSA) is 52.3 Å². The standard InChI is InChI=1S/C12H15NO2.ClH/c1-8(14)15-11-6-4-10(5-7-11)12(13)9-2-3-9;/h4-7,9,12H,2-3,13H2,1H3;1H/t12-;/m1./s1. The van der Waals surface area contributed by atoms with Crippen LogP contribution in [0.5, 0.6) is 5.75 Å². The summed E-state index contributed by atoms with van der Waals surface area (Å²) in [5.41, 5.74) is 7.16. The summed E-state index contributed by atoms with van der Waals surface area (Å²) in [7, 11) is 0. The van der Waals surface area contributed by atoms with Crippen LogP contribution in [0.15, 0.2) is 24.3 Å². The molecule has 2 N–H and O–H groups in total. The van der Waals surface area contributed by atoms with Gasteiger partial charge in [0.05, 0.1) is 0 Å². The van der Waals surface area contributed by atoms with E-state index in [-0.39, 0.29) is 24.4 Å². The zero-order valence-corrected chi connectivity index (χ0v) is 10.00. The van der Waals surface area contributed by atoms with Crippen LogP contribution in [-0.4, -0.2) is 5.97 Å². The number of carbonyl (C=O) groups is 1. The molecule has 1 aromatic carbocycles. The molecular weight excluding hydrogens is 226 g/mol. The number of nitrogens with two attached hydrogens (primary N) is 1. The maximum absolute atomic E-state index is 10.7. The summed E-state index contributed by atoms with van der Waals surface area (Å²) in [5.74, 6) is 0.924. The second-order valence-electron chi connectivity index (χ2n) is 4.03. The van der Waals surface area contributed by atoms with Gasteiger partial charge in [-0.05, 0) is 36.5 Å². The van der Waals surface area contributed by atoms with Gasteiger partial charge in [0.2, 0.25) is 0 Å². The van der Waals surface area contributed by atoms with E-state index in [1.165, 1.54) is 19.8 Å². The Hall–Kier alpha value is -1.06. The molecule has 1 saturated carbocycles. The average Bonchev–Trinajstić information content (AvgIpc) is 3.00. The highest BCUT2D eigenvalue weighted by molar-refractivity contribution is 5.85. The Balaban J connectivity index is 0.00000128. The van der Waals surface area contributed by atoms with Crippen LogP contribution in [0.3, 0.4) is 0 Å². The fourth-order valence-corrected chi connectivity index (χ4v) is 1.65. The molecule has 0 amide bonds. The van der Waals surface area contributed by atoms with Gasteiger partial charge in [0, 0.05) is 13.0 Å². The quantitative estimate of drug-likeness (QED) is 0.653. The zero-order valence-electron chi connectivity index (χ0n) is 9.18. The van der Waals surface area contributed by atoms with Gasteiger partial charge in [-0.25, -0.2) is 0 Å². The SMILES string of the molecule is CC(=O)Oc1ccc([C@H](N)C2CC2)cc1.Cl. The first-order chi connectivity index (χ1) is 7.16. The van der Waals surface area contributed by atoms with E-state index in [9.17, 15) is 4.79 Å². The number of hydrogen-bond acceptors (Lipinski definition) is 3. The highest BCUT2D eigenvalue weighted by atomic mass is 35.5. The van der Waals surface area contributed by atoms with E-state index >= 15 is 0 Å². The summed E-state index contributed by atoms with van der Waals surface area (Å²) in [6.07, 6.45) is 2.46. The number of hydrogen-bond donors (Lipinski definition) is 1. The van der Waals surface area contributed by atoms with Crippen molar-refractivity contribution in [2.75, 3.05) is 0 Å². The van der Waals surface area contributed by atoms with E-state index in [1.807, 2.05) is 12.1 Å². The Morgan fingerprint density at radius 1 is 1.38 bits per heavy atom. The lowest BCUT2D eigenvalue weighted by atomic mass is 10.0. The van der Waals surface area contributed by atoms with Crippen molar-refractivity contribution < 1.29 is 9.53 Å². The first kappa shape index (κ1) is 13.0. The second-order valence-corrected chi connectivity index (χ2v) is 4.03. The minimum Gasteiger partial charge on any atom is -0.427 e. The third kappa shape index (κ3) is 3.22. The third-order valence-electron chi connectivity index (χ3n) is 2.66. The van der Waals surface area contributed by atoms with Crippen LogP contribution < -0.4 is 10.5 Å². The first-order valence-corrected chi connectivity index (χ1v) is 5.21. The molecule has 1 atom stereocenters. The van der Waals surface area contributed by atoms with E-state index in [4.69, 9.17) is 10.5 Å². The summed E-state index contributed by atoms with van der Waals surface area (Å²) in [4.78, 5) is 10.7. The monoisotopic (exact) mass is 241 g/mol. The Bertz CT molecular complexity index is 360. The molecule has 1 aromatic rings. The second kappa shape index (κ2) is 5.32. The Labute approximate surface area is 101 Å². The molecule has 0 spiro atoms. The number of benzene rings is 1. The highest BCUT2D eigenvalue weighted by Crippen LogP contribution is 2.39. The fraction of sp³-hybridized carbons (Fsp3) is 0.417. The Morgan fingerprint density at radius 2 is 1.94 bits per heavy atom. The van der Waals surface area contributed by atoms with Gasteiger partial charge in [-0.2, -0.15) is 0 Å². The Morgan fingerprint density at radius 3 is 2.38 bits per heavy atom. The predicted octanol–water partition coefficient (Wildman–Crippen LogP) is 2.44. The van der Waals surface area contributed by atoms with Gasteiger partial charge in [-0.1, -0.05) is 12.1 Å². The molecule has 0 bridgehead atoms. The molecule has 4 heteroatoms. The van der Waals surface area contributed by atoms with Gasteiger partial charge in [-0.3, -0.25) is 4.79 Å². The van der Waals surface area contributed by atoms with Crippen LogP contribution in [0, 0.1) is 5.92 Å². The van der Waals surface area contributed by atoms with Crippen LogP contribution in [0.1, 0.15) is 31.4 Å². The van der Waals surface area contributed by atoms with Crippen molar-refractivity contribution in [1.82, 2.24) is 0 Å². The van der Waals surface area contributed by atoms with Crippen LogP contribution in [-0.2, 0) is 4.79 Å². The Kier molecular flexibility index (Phi) is 4.33. The molecule has 0 aliphatic heterocycles. The molecule has 2 rings (SSSR count). The third-order valence-corrected chi connectivity index (χ3v) is 2.66. The van der Waals surface area contributed by atoms with Gasteiger partial charge in [0.25, 0.3) is 0 Å². The van der Waals surface area contributed by atoms with Crippen molar-refractivity contribution in [2.24, 2.45) is 11.7 Å². The fourth-order valence-electron chi connectivity index (χ4n) is 1.65. The minimum absolute atomic E-state index is 0. The van der Waals surface area contributed by atoms with Crippen molar-refractivity contribution in [3.05, 3.63) is 29.8 Å². The maximum atomic E-state index is 10.7. The summed E-state index contributed by atoms with van der Waals surface area (Å²) in [6, 6.07) is 7.58. The molecule has 1 fully saturated rings. The molecule has 1 aliphatic carbocycles. The van der Waals surface area contributed by atoms with E-state index in [1.54, 1.807) is 12.1 Å². The normalized spacial score (nSPS) is 16.1. The van der Waals surface area contributed by atoms with Gasteiger partial charge in [0.15, 0.2) is 0 Å². The van der Waals surface area contributed by atoms with E-state index in [0.29, 0.717) is 11.7 Å². The smallest absolute Gasteiger partial charge is 0.308 e. The van der Waals surface area contributed by atoms with Gasteiger partial charge in [0.1, 0.15) is 5.75 Å². The molecule has 88 valence electrons. The lowest BCUT2D eigenvalue weighted by Crippen LogP contribution is -2.12. The van der Waals surface area contributed by atoms with Gasteiger partial charge < -0.3 is 10.5 Å². The molecule has 16 heavy (non-hydrogen) atoms. The highest BCUT2D eigenvalue weighted by Gasteiger charge is 2.29. The number of esters is 1. The summed E-state index contributed by atoms with van der Waals surface area (Å²) in [6.45, 7) is 1.39. The van der Waals surface area contributed by atoms with Gasteiger partial charge in [-0.15, -0.1) is 12.4 Å². The molecule has 0 aromatic heterocycles. The van der Waals surface area contributed by atoms with Crippen molar-refractivity contribution in [2.45, 2.75) is 25.8 Å². The van der Waals surface area contributed by atoms with Gasteiger partial charge >= 0.3 is 5.97 Å².